The molecule has 0 bridgehead atoms. The van der Waals surface area contributed by atoms with Gasteiger partial charge in [0.2, 0.25) is 0 Å². The summed E-state index contributed by atoms with van der Waals surface area (Å²) in [7, 11) is -8.29. The Morgan fingerprint density at radius 2 is 0.882 bits per heavy atom. The molecule has 5 aromatic rings. The molecule has 0 unspecified atom stereocenters. The molecule has 3 fully saturated rings. The fraction of sp³-hybridized carbons (Fsp3) is 0.476. The smallest absolute Gasteiger partial charge is 0.318 e. The molecule has 0 amide bonds. The Bertz CT molecular complexity index is 2620. The molecule has 0 N–H and O–H groups in total. The van der Waals surface area contributed by atoms with Gasteiger partial charge < -0.3 is 18.5 Å². The SMILES string of the molecule is C.C=C1CCC[P@]1(=O)c1ccccc1.CC(C)(C)c1cc([P+](=O)c2cc(C(C)(C)C)cc(C(C)(C)C)c2)cc(C(C)(C)C)c1.O=CC[C@@H]1CCC[P@]1(=O)c1ccccc1.O=PC[C@H]1CCC[P@]1(=O)c1ccccc1.[Ar].[Ar]. The summed E-state index contributed by atoms with van der Waals surface area (Å²) in [6.45, 7) is 30.6. The van der Waals surface area contributed by atoms with Crippen molar-refractivity contribution in [1.82, 2.24) is 0 Å². The van der Waals surface area contributed by atoms with Crippen LogP contribution in [0.1, 0.15) is 158 Å². The summed E-state index contributed by atoms with van der Waals surface area (Å²) < 4.78 is 62.6. The molecule has 5 atom stereocenters. The first-order valence-electron chi connectivity index (χ1n) is 26.2. The number of hydrogen-bond donors (Lipinski definition) is 0. The van der Waals surface area contributed by atoms with E-state index < -0.39 is 29.2 Å². The van der Waals surface area contributed by atoms with Crippen molar-refractivity contribution in [2.24, 2.45) is 0 Å². The average molecular weight is 1180 g/mol. The van der Waals surface area contributed by atoms with Crippen LogP contribution in [-0.4, -0.2) is 42.3 Å². The van der Waals surface area contributed by atoms with E-state index in [1.165, 1.54) is 22.3 Å². The van der Waals surface area contributed by atoms with Crippen LogP contribution in [0.25, 0.3) is 0 Å². The third-order valence-corrected chi connectivity index (χ3v) is 27.9. The van der Waals surface area contributed by atoms with Crippen LogP contribution < -0.4 is 26.5 Å². The van der Waals surface area contributed by atoms with Crippen molar-refractivity contribution < 1.29 is 103 Å². The van der Waals surface area contributed by atoms with E-state index in [1.54, 1.807) is 0 Å². The van der Waals surface area contributed by atoms with Crippen molar-refractivity contribution in [3.63, 3.8) is 0 Å². The van der Waals surface area contributed by atoms with Gasteiger partial charge >= 0.3 is 7.80 Å². The minimum atomic E-state index is -2.28. The first-order chi connectivity index (χ1) is 34.1. The van der Waals surface area contributed by atoms with E-state index in [-0.39, 0.29) is 124 Å². The maximum absolute atomic E-state index is 13.9. The largest absolute Gasteiger partial charge is 0.415 e. The fourth-order valence-electron chi connectivity index (χ4n) is 9.82. The Balaban J connectivity index is 0.000000365. The predicted octanol–water partition coefficient (Wildman–Crippen LogP) is 16.8. The minimum Gasteiger partial charge on any atom is -0.318 e. The second-order valence-corrected chi connectivity index (χ2v) is 36.2. The number of aldehydes is 1. The molecule has 8 rings (SSSR count). The summed E-state index contributed by atoms with van der Waals surface area (Å²) in [5, 5.41) is 5.74. The zero-order valence-electron chi connectivity index (χ0n) is 46.7. The molecule has 76 heavy (non-hydrogen) atoms. The average Bonchev–Trinajstić information content (AvgIpc) is 4.04. The predicted molar refractivity (Wildman–Crippen MR) is 325 cm³/mol. The van der Waals surface area contributed by atoms with E-state index in [2.05, 4.69) is 126 Å². The van der Waals surface area contributed by atoms with Gasteiger partial charge in [-0.25, -0.2) is 0 Å². The van der Waals surface area contributed by atoms with Gasteiger partial charge in [0.05, 0.1) is 0 Å². The molecular weight excluding hydrogens is 1090 g/mol. The van der Waals surface area contributed by atoms with Crippen LogP contribution in [0.15, 0.2) is 139 Å². The van der Waals surface area contributed by atoms with E-state index in [1.807, 2.05) is 91.0 Å². The Labute approximate surface area is 522 Å². The van der Waals surface area contributed by atoms with Gasteiger partial charge in [0.1, 0.15) is 27.7 Å². The molecular formula is C63H88Ar2O6P5+. The number of hydrogen-bond acceptors (Lipinski definition) is 6. The van der Waals surface area contributed by atoms with E-state index in [4.69, 9.17) is 0 Å². The summed E-state index contributed by atoms with van der Waals surface area (Å²) in [5.41, 5.74) is 5.26. The number of carbonyl (C=O) groups excluding carboxylic acids is 1. The molecule has 3 saturated heterocycles. The zero-order chi connectivity index (χ0) is 54.0. The van der Waals surface area contributed by atoms with Crippen LogP contribution in [0.4, 0.5) is 0 Å². The van der Waals surface area contributed by atoms with Crippen molar-refractivity contribution in [2.45, 2.75) is 168 Å². The van der Waals surface area contributed by atoms with Gasteiger partial charge in [-0.05, 0) is 112 Å². The van der Waals surface area contributed by atoms with Gasteiger partial charge in [-0.1, -0.05) is 205 Å². The second-order valence-electron chi connectivity index (χ2n) is 24.3. The number of allylic oxidation sites excluding steroid dienone is 1. The van der Waals surface area contributed by atoms with E-state index >= 15 is 0 Å². The Kier molecular flexibility index (Phi) is 28.3. The van der Waals surface area contributed by atoms with Crippen LogP contribution in [0.5, 0.6) is 0 Å². The maximum Gasteiger partial charge on any atom is 0.415 e. The zero-order valence-corrected chi connectivity index (χ0v) is 52.6. The van der Waals surface area contributed by atoms with Crippen molar-refractivity contribution in [3.05, 3.63) is 162 Å². The first kappa shape index (κ1) is 71.0. The molecule has 3 aliphatic heterocycles. The van der Waals surface area contributed by atoms with Crippen LogP contribution in [0.2, 0.25) is 0 Å². The van der Waals surface area contributed by atoms with Crippen molar-refractivity contribution in [3.8, 4) is 0 Å². The Hall–Kier alpha value is -1.08. The Morgan fingerprint density at radius 3 is 1.20 bits per heavy atom. The molecule has 3 aliphatic rings. The standard InChI is InChI=1S/C28H42OP.C12H15O2P.C11H14O2P2.C11H13OP.CH4.2Ar/c1-25(2,3)19-13-20(26(4,5)6)16-23(15-19)30(29)24-17-21(27(7,8)9)14-22(18-24)28(10,11)12;13-9-8-12-7-4-10-15(12,14)11-5-2-1-3-6-11;12-14-9-11-7-4-8-15(11,13)10-5-2-1-3-6-10;1-10-6-5-9-13(10,12)11-7-3-2-4-8-11;;;/h13-18H,1-12H3;1-3,5-6,9,12H,4,7-8,10H2;1-3,5-6,11H,4,7-9H2;2-4,7-8H,1,5-6,9H2;1H4;;/q+1;;;;;;/t;12-,15-;11-,15+;13-;;;/m.011.../s1. The molecule has 0 spiro atoms. The van der Waals surface area contributed by atoms with Crippen LogP contribution in [0, 0.1) is 75.5 Å². The molecule has 0 aromatic heterocycles. The fourth-order valence-corrected chi connectivity index (χ4v) is 21.8. The summed E-state index contributed by atoms with van der Waals surface area (Å²) in [6.07, 6.45) is 10.1. The van der Waals surface area contributed by atoms with Crippen LogP contribution in [0.3, 0.4) is 0 Å². The van der Waals surface area contributed by atoms with Gasteiger partial charge in [0.25, 0.3) is 0 Å². The van der Waals surface area contributed by atoms with Gasteiger partial charge in [-0.15, -0.1) is 0 Å². The third-order valence-electron chi connectivity index (χ3n) is 14.7. The van der Waals surface area contributed by atoms with Gasteiger partial charge in [-0.2, -0.15) is 0 Å². The van der Waals surface area contributed by atoms with Gasteiger partial charge in [0.15, 0.2) is 19.1 Å². The molecule has 13 heteroatoms. The molecule has 0 saturated carbocycles. The second kappa shape index (κ2) is 30.3. The summed E-state index contributed by atoms with van der Waals surface area (Å²) in [6, 6.07) is 42.3. The third kappa shape index (κ3) is 18.7. The van der Waals surface area contributed by atoms with Gasteiger partial charge in [0, 0.05) is 134 Å². The summed E-state index contributed by atoms with van der Waals surface area (Å²) >= 11 is 0. The summed E-state index contributed by atoms with van der Waals surface area (Å²) in [4.78, 5) is 10.6. The number of rotatable bonds is 9. The topological polar surface area (TPSA) is 102 Å². The number of benzene rings is 5. The minimum absolute atomic E-state index is 0. The molecule has 416 valence electrons. The first-order valence-corrected chi connectivity index (χ1v) is 34.3. The summed E-state index contributed by atoms with van der Waals surface area (Å²) in [5.74, 6) is 0. The van der Waals surface area contributed by atoms with Crippen molar-refractivity contribution in [2.75, 3.05) is 24.6 Å². The molecule has 0 radical (unpaired) electrons. The molecule has 3 heterocycles. The van der Waals surface area contributed by atoms with Crippen LogP contribution >= 0.6 is 37.7 Å². The molecule has 5 aromatic carbocycles. The van der Waals surface area contributed by atoms with Crippen LogP contribution in [-0.2, 0) is 49.3 Å². The normalized spacial score (nSPS) is 22.1. The monoisotopic (exact) mass is 1180 g/mol. The molecule has 0 aliphatic carbocycles. The maximum atomic E-state index is 13.9. The van der Waals surface area contributed by atoms with E-state index in [0.29, 0.717) is 12.6 Å². The van der Waals surface area contributed by atoms with Crippen molar-refractivity contribution >= 4 is 70.5 Å². The van der Waals surface area contributed by atoms with Gasteiger partial charge in [-0.3, -0.25) is 4.57 Å². The number of carbonyl (C=O) groups is 1. The molecule has 6 nitrogen and oxygen atoms in total. The Morgan fingerprint density at radius 1 is 0.539 bits per heavy atom. The van der Waals surface area contributed by atoms with Crippen molar-refractivity contribution in [1.29, 1.82) is 0 Å². The van der Waals surface area contributed by atoms with E-state index in [0.717, 1.165) is 95.1 Å². The quantitative estimate of drug-likeness (QED) is 0.108. The van der Waals surface area contributed by atoms with E-state index in [9.17, 15) is 27.6 Å².